The number of benzene rings is 1. The fourth-order valence-corrected chi connectivity index (χ4v) is 3.16. The van der Waals surface area contributed by atoms with Crippen molar-refractivity contribution in [3.63, 3.8) is 0 Å². The molecular formula is C13H18FNO5S. The van der Waals surface area contributed by atoms with E-state index in [9.17, 15) is 17.6 Å². The van der Waals surface area contributed by atoms with Crippen molar-refractivity contribution in [1.29, 1.82) is 0 Å². The molecule has 2 N–H and O–H groups in total. The van der Waals surface area contributed by atoms with Crippen molar-refractivity contribution in [2.75, 3.05) is 7.11 Å². The highest BCUT2D eigenvalue weighted by molar-refractivity contribution is 7.89. The smallest absolute Gasteiger partial charge is 0.303 e. The summed E-state index contributed by atoms with van der Waals surface area (Å²) in [7, 11) is -2.67. The average Bonchev–Trinajstić information content (AvgIpc) is 2.35. The van der Waals surface area contributed by atoms with Gasteiger partial charge in [-0.2, -0.15) is 0 Å². The van der Waals surface area contributed by atoms with Gasteiger partial charge in [0.25, 0.3) is 0 Å². The van der Waals surface area contributed by atoms with Crippen molar-refractivity contribution in [3.8, 4) is 5.75 Å². The van der Waals surface area contributed by atoms with Gasteiger partial charge in [0.2, 0.25) is 10.0 Å². The maximum atomic E-state index is 13.3. The highest BCUT2D eigenvalue weighted by Gasteiger charge is 2.27. The molecule has 0 aromatic heterocycles. The van der Waals surface area contributed by atoms with Gasteiger partial charge < -0.3 is 9.84 Å². The lowest BCUT2D eigenvalue weighted by atomic mass is 10.0. The quantitative estimate of drug-likeness (QED) is 0.799. The maximum absolute atomic E-state index is 13.3. The Hall–Kier alpha value is -1.67. The molecule has 0 aliphatic rings. The van der Waals surface area contributed by atoms with E-state index in [1.165, 1.54) is 7.11 Å². The van der Waals surface area contributed by atoms with Crippen LogP contribution in [0.25, 0.3) is 0 Å². The minimum Gasteiger partial charge on any atom is -0.494 e. The summed E-state index contributed by atoms with van der Waals surface area (Å²) in [5.74, 6) is -1.85. The molecule has 6 nitrogen and oxygen atoms in total. The van der Waals surface area contributed by atoms with Gasteiger partial charge in [-0.3, -0.25) is 4.79 Å². The van der Waals surface area contributed by atoms with Crippen molar-refractivity contribution in [1.82, 2.24) is 4.72 Å². The van der Waals surface area contributed by atoms with Gasteiger partial charge in [0, 0.05) is 18.0 Å². The second-order valence-corrected chi connectivity index (χ2v) is 6.86. The molecule has 0 bridgehead atoms. The number of carboxylic acid groups (broad SMARTS) is 1. The number of aliphatic carboxylic acids is 1. The Bertz CT molecular complexity index is 627. The number of sulfonamides is 1. The predicted octanol–water partition coefficient (Wildman–Crippen LogP) is 1.76. The summed E-state index contributed by atoms with van der Waals surface area (Å²) in [6.45, 7) is 3.16. The number of hydrogen-bond acceptors (Lipinski definition) is 4. The lowest BCUT2D eigenvalue weighted by Crippen LogP contribution is -2.43. The first-order chi connectivity index (χ1) is 9.57. The van der Waals surface area contributed by atoms with Gasteiger partial charge in [-0.25, -0.2) is 17.5 Å². The molecule has 1 aromatic rings. The van der Waals surface area contributed by atoms with Crippen LogP contribution in [0.1, 0.15) is 26.7 Å². The van der Waals surface area contributed by atoms with Crippen LogP contribution >= 0.6 is 0 Å². The molecule has 0 radical (unpaired) electrons. The summed E-state index contributed by atoms with van der Waals surface area (Å²) < 4.78 is 44.9. The number of rotatable bonds is 7. The molecule has 118 valence electrons. The first-order valence-corrected chi connectivity index (χ1v) is 7.65. The summed E-state index contributed by atoms with van der Waals surface area (Å²) >= 11 is 0. The van der Waals surface area contributed by atoms with Gasteiger partial charge in [-0.05, 0) is 32.4 Å². The molecule has 0 aliphatic heterocycles. The summed E-state index contributed by atoms with van der Waals surface area (Å²) in [5.41, 5.74) is -0.946. The number of carboxylic acids is 1. The first kappa shape index (κ1) is 17.4. The van der Waals surface area contributed by atoms with Gasteiger partial charge in [0.05, 0.1) is 12.0 Å². The summed E-state index contributed by atoms with van der Waals surface area (Å²) in [4.78, 5) is 10.4. The average molecular weight is 319 g/mol. The molecule has 0 atom stereocenters. The number of halogens is 1. The zero-order valence-corrected chi connectivity index (χ0v) is 12.8. The number of ether oxygens (including phenoxy) is 1. The molecular weight excluding hydrogens is 301 g/mol. The van der Waals surface area contributed by atoms with Gasteiger partial charge in [0.1, 0.15) is 0 Å². The third-order valence-electron chi connectivity index (χ3n) is 2.81. The highest BCUT2D eigenvalue weighted by atomic mass is 32.2. The second kappa shape index (κ2) is 6.40. The number of methoxy groups -OCH3 is 1. The number of nitrogens with one attached hydrogen (secondary N) is 1. The molecule has 0 spiro atoms. The third kappa shape index (κ3) is 4.98. The molecule has 0 aliphatic carbocycles. The Kier molecular flexibility index (Phi) is 5.30. The Labute approximate surface area is 123 Å². The van der Waals surface area contributed by atoms with E-state index in [1.807, 2.05) is 0 Å². The van der Waals surface area contributed by atoms with E-state index in [-0.39, 0.29) is 23.5 Å². The fraction of sp³-hybridized carbons (Fsp3) is 0.462. The largest absolute Gasteiger partial charge is 0.494 e. The minimum atomic E-state index is -3.90. The van der Waals surface area contributed by atoms with Crippen LogP contribution < -0.4 is 9.46 Å². The number of hydrogen-bond donors (Lipinski definition) is 2. The van der Waals surface area contributed by atoms with Crippen LogP contribution in [0.2, 0.25) is 0 Å². The van der Waals surface area contributed by atoms with E-state index in [2.05, 4.69) is 4.72 Å². The first-order valence-electron chi connectivity index (χ1n) is 6.17. The van der Waals surface area contributed by atoms with Crippen LogP contribution in [0, 0.1) is 5.82 Å². The lowest BCUT2D eigenvalue weighted by molar-refractivity contribution is -0.137. The third-order valence-corrected chi connectivity index (χ3v) is 4.50. The van der Waals surface area contributed by atoms with Crippen LogP contribution in [-0.4, -0.2) is 32.1 Å². The number of carbonyl (C=O) groups is 1. The van der Waals surface area contributed by atoms with Gasteiger partial charge >= 0.3 is 5.97 Å². The Morgan fingerprint density at radius 3 is 2.57 bits per heavy atom. The van der Waals surface area contributed by atoms with Crippen LogP contribution in [0.5, 0.6) is 5.75 Å². The topological polar surface area (TPSA) is 92.7 Å². The minimum absolute atomic E-state index is 0.125. The van der Waals surface area contributed by atoms with Gasteiger partial charge in [-0.1, -0.05) is 0 Å². The normalized spacial score (nSPS) is 12.2. The van der Waals surface area contributed by atoms with E-state index >= 15 is 0 Å². The van der Waals surface area contributed by atoms with Crippen LogP contribution in [0.3, 0.4) is 0 Å². The van der Waals surface area contributed by atoms with Gasteiger partial charge in [-0.15, -0.1) is 0 Å². The van der Waals surface area contributed by atoms with E-state index in [0.29, 0.717) is 0 Å². The zero-order chi connectivity index (χ0) is 16.3. The fourth-order valence-electron chi connectivity index (χ4n) is 1.70. The molecule has 0 fully saturated rings. The van der Waals surface area contributed by atoms with E-state index in [0.717, 1.165) is 18.2 Å². The standard InChI is InChI=1S/C13H18FNO5S/c1-13(2,7-6-12(16)17)15-21(18,19)9-4-5-10(14)11(8-9)20-3/h4-5,8,15H,6-7H2,1-3H3,(H,16,17). The molecule has 0 saturated carbocycles. The van der Waals surface area contributed by atoms with Crippen molar-refractivity contribution in [2.45, 2.75) is 37.1 Å². The van der Waals surface area contributed by atoms with Crippen molar-refractivity contribution in [3.05, 3.63) is 24.0 Å². The monoisotopic (exact) mass is 319 g/mol. The summed E-state index contributed by atoms with van der Waals surface area (Å²) in [5, 5.41) is 8.66. The summed E-state index contributed by atoms with van der Waals surface area (Å²) in [6.07, 6.45) is -0.0395. The predicted molar refractivity (Wildman–Crippen MR) is 74.2 cm³/mol. The summed E-state index contributed by atoms with van der Waals surface area (Å²) in [6, 6.07) is 3.19. The van der Waals surface area contributed by atoms with E-state index in [4.69, 9.17) is 9.84 Å². The molecule has 21 heavy (non-hydrogen) atoms. The lowest BCUT2D eigenvalue weighted by Gasteiger charge is -2.25. The second-order valence-electron chi connectivity index (χ2n) is 5.18. The Morgan fingerprint density at radius 2 is 2.05 bits per heavy atom. The van der Waals surface area contributed by atoms with Crippen molar-refractivity contribution in [2.24, 2.45) is 0 Å². The molecule has 0 amide bonds. The highest BCUT2D eigenvalue weighted by Crippen LogP contribution is 2.23. The Balaban J connectivity index is 2.98. The molecule has 0 unspecified atom stereocenters. The van der Waals surface area contributed by atoms with Crippen LogP contribution in [0.4, 0.5) is 4.39 Å². The SMILES string of the molecule is COc1cc(S(=O)(=O)NC(C)(C)CCC(=O)O)ccc1F. The molecule has 0 saturated heterocycles. The van der Waals surface area contributed by atoms with Gasteiger partial charge in [0.15, 0.2) is 11.6 Å². The van der Waals surface area contributed by atoms with Crippen molar-refractivity contribution >= 4 is 16.0 Å². The van der Waals surface area contributed by atoms with Crippen molar-refractivity contribution < 1.29 is 27.4 Å². The molecule has 8 heteroatoms. The molecule has 1 rings (SSSR count). The van der Waals surface area contributed by atoms with Crippen LogP contribution in [-0.2, 0) is 14.8 Å². The molecule has 0 heterocycles. The maximum Gasteiger partial charge on any atom is 0.303 e. The van der Waals surface area contributed by atoms with E-state index in [1.54, 1.807) is 13.8 Å². The van der Waals surface area contributed by atoms with Crippen LogP contribution in [0.15, 0.2) is 23.1 Å². The van der Waals surface area contributed by atoms with E-state index < -0.39 is 27.3 Å². The Morgan fingerprint density at radius 1 is 1.43 bits per heavy atom. The zero-order valence-electron chi connectivity index (χ0n) is 12.0. The molecule has 1 aromatic carbocycles.